The number of primary amides is 1. The third-order valence-corrected chi connectivity index (χ3v) is 4.62. The highest BCUT2D eigenvalue weighted by Gasteiger charge is 2.30. The number of nitrogens with zero attached hydrogens (tertiary/aromatic N) is 2. The Morgan fingerprint density at radius 2 is 1.86 bits per heavy atom. The van der Waals surface area contributed by atoms with Crippen LogP contribution in [-0.2, 0) is 11.0 Å². The highest BCUT2D eigenvalue weighted by molar-refractivity contribution is 6.08. The average molecular weight is 384 g/mol. The molecule has 0 aliphatic heterocycles. The zero-order valence-electron chi connectivity index (χ0n) is 14.7. The van der Waals surface area contributed by atoms with E-state index in [1.54, 1.807) is 19.2 Å². The Kier molecular flexibility index (Phi) is 3.99. The van der Waals surface area contributed by atoms with E-state index in [9.17, 15) is 18.0 Å². The lowest BCUT2D eigenvalue weighted by Gasteiger charge is -2.10. The van der Waals surface area contributed by atoms with E-state index in [1.165, 1.54) is 12.1 Å². The predicted molar refractivity (Wildman–Crippen MR) is 101 cm³/mol. The first-order valence-corrected chi connectivity index (χ1v) is 8.39. The van der Waals surface area contributed by atoms with Crippen LogP contribution in [0.5, 0.6) is 0 Å². The monoisotopic (exact) mass is 384 g/mol. The number of hydrogen-bond acceptors (Lipinski definition) is 2. The van der Waals surface area contributed by atoms with Crippen LogP contribution >= 0.6 is 0 Å². The van der Waals surface area contributed by atoms with Gasteiger partial charge in [-0.25, -0.2) is 0 Å². The fourth-order valence-electron chi connectivity index (χ4n) is 3.21. The van der Waals surface area contributed by atoms with E-state index in [-0.39, 0.29) is 0 Å². The topological polar surface area (TPSA) is 76.7 Å². The lowest BCUT2D eigenvalue weighted by molar-refractivity contribution is -0.137. The van der Waals surface area contributed by atoms with E-state index < -0.39 is 17.6 Å². The number of hydrogen-bond donors (Lipinski definition) is 2. The van der Waals surface area contributed by atoms with Gasteiger partial charge in [0.2, 0.25) is 5.91 Å². The maximum Gasteiger partial charge on any atom is 0.416 e. The van der Waals surface area contributed by atoms with E-state index >= 15 is 0 Å². The lowest BCUT2D eigenvalue weighted by Crippen LogP contribution is -2.11. The van der Waals surface area contributed by atoms with Crippen molar-refractivity contribution in [1.82, 2.24) is 14.8 Å². The third kappa shape index (κ3) is 2.92. The van der Waals surface area contributed by atoms with Crippen LogP contribution in [0.3, 0.4) is 0 Å². The molecule has 0 saturated heterocycles. The molecule has 0 aliphatic carbocycles. The molecule has 1 amide bonds. The van der Waals surface area contributed by atoms with Crippen molar-refractivity contribution >= 4 is 33.9 Å². The number of nitrogens with one attached hydrogen (secondary N) is 1. The van der Waals surface area contributed by atoms with E-state index in [0.717, 1.165) is 34.0 Å². The number of aromatic nitrogens is 3. The van der Waals surface area contributed by atoms with Crippen LogP contribution in [0.25, 0.3) is 33.7 Å². The van der Waals surface area contributed by atoms with Crippen molar-refractivity contribution in [1.29, 1.82) is 0 Å². The Morgan fingerprint density at radius 1 is 1.14 bits per heavy atom. The molecule has 2 aromatic heterocycles. The standard InChI is InChI=1S/C20H15F3N4O/c1-11(18(24)28)8-12-2-7-17-15(9-12)16-10-25-26-19(16)27(17)14-5-3-13(4-6-14)20(21,22)23/h2-10H,1H3,(H2,24,28)(H,25,26). The van der Waals surface area contributed by atoms with Gasteiger partial charge in [0.1, 0.15) is 5.65 Å². The van der Waals surface area contributed by atoms with E-state index in [2.05, 4.69) is 10.2 Å². The second-order valence-corrected chi connectivity index (χ2v) is 6.48. The van der Waals surface area contributed by atoms with Crippen LogP contribution in [0.2, 0.25) is 0 Å². The smallest absolute Gasteiger partial charge is 0.366 e. The van der Waals surface area contributed by atoms with Gasteiger partial charge in [-0.2, -0.15) is 18.3 Å². The summed E-state index contributed by atoms with van der Waals surface area (Å²) < 4.78 is 40.4. The normalized spacial score (nSPS) is 12.8. The Labute approximate surface area is 157 Å². The van der Waals surface area contributed by atoms with Gasteiger partial charge in [-0.05, 0) is 55.0 Å². The molecule has 2 heterocycles. The SMILES string of the molecule is CC(=Cc1ccc2c(c1)c1cn[nH]c1n2-c1ccc(C(F)(F)F)cc1)C(N)=O. The number of halogens is 3. The van der Waals surface area contributed by atoms with Gasteiger partial charge in [0.25, 0.3) is 0 Å². The Morgan fingerprint density at radius 3 is 2.50 bits per heavy atom. The van der Waals surface area contributed by atoms with Gasteiger partial charge < -0.3 is 5.73 Å². The van der Waals surface area contributed by atoms with Crippen LogP contribution in [0.15, 0.2) is 54.2 Å². The van der Waals surface area contributed by atoms with Crippen molar-refractivity contribution in [2.75, 3.05) is 0 Å². The summed E-state index contributed by atoms with van der Waals surface area (Å²) in [6.07, 6.45) is -1.05. The molecule has 142 valence electrons. The predicted octanol–water partition coefficient (Wildman–Crippen LogP) is 4.41. The number of benzene rings is 2. The van der Waals surface area contributed by atoms with Crippen molar-refractivity contribution in [3.05, 3.63) is 65.4 Å². The first kappa shape index (κ1) is 17.8. The Hall–Kier alpha value is -3.55. The minimum Gasteiger partial charge on any atom is -0.366 e. The molecule has 3 N–H and O–H groups in total. The van der Waals surface area contributed by atoms with Crippen molar-refractivity contribution in [3.63, 3.8) is 0 Å². The lowest BCUT2D eigenvalue weighted by atomic mass is 10.1. The van der Waals surface area contributed by atoms with Crippen molar-refractivity contribution < 1.29 is 18.0 Å². The Bertz CT molecular complexity index is 1230. The van der Waals surface area contributed by atoms with Crippen LogP contribution in [0.1, 0.15) is 18.1 Å². The van der Waals surface area contributed by atoms with Gasteiger partial charge in [0, 0.05) is 22.0 Å². The highest BCUT2D eigenvalue weighted by Crippen LogP contribution is 2.34. The molecule has 0 bridgehead atoms. The fraction of sp³-hybridized carbons (Fsp3) is 0.100. The molecule has 0 atom stereocenters. The second-order valence-electron chi connectivity index (χ2n) is 6.48. The number of carbonyl (C=O) groups is 1. The summed E-state index contributed by atoms with van der Waals surface area (Å²) in [7, 11) is 0. The summed E-state index contributed by atoms with van der Waals surface area (Å²) in [4.78, 5) is 11.3. The molecule has 0 aliphatic rings. The summed E-state index contributed by atoms with van der Waals surface area (Å²) in [5, 5.41) is 8.64. The van der Waals surface area contributed by atoms with Crippen molar-refractivity contribution in [3.8, 4) is 5.69 Å². The molecule has 28 heavy (non-hydrogen) atoms. The molecule has 2 aromatic carbocycles. The summed E-state index contributed by atoms with van der Waals surface area (Å²) in [6, 6.07) is 10.5. The Balaban J connectivity index is 1.90. The van der Waals surface area contributed by atoms with E-state index in [1.807, 2.05) is 22.8 Å². The quantitative estimate of drug-likeness (QED) is 0.513. The largest absolute Gasteiger partial charge is 0.416 e. The van der Waals surface area contributed by atoms with Crippen molar-refractivity contribution in [2.24, 2.45) is 5.73 Å². The summed E-state index contributed by atoms with van der Waals surface area (Å²) in [5.74, 6) is -0.504. The summed E-state index contributed by atoms with van der Waals surface area (Å²) >= 11 is 0. The molecular formula is C20H15F3N4O. The number of nitrogens with two attached hydrogens (primary N) is 1. The number of aromatic amines is 1. The van der Waals surface area contributed by atoms with Crippen LogP contribution in [0, 0.1) is 0 Å². The number of carbonyl (C=O) groups excluding carboxylic acids is 1. The molecule has 8 heteroatoms. The van der Waals surface area contributed by atoms with Crippen LogP contribution in [-0.4, -0.2) is 20.7 Å². The van der Waals surface area contributed by atoms with Gasteiger partial charge in [-0.15, -0.1) is 0 Å². The molecule has 0 fully saturated rings. The number of amides is 1. The number of rotatable bonds is 3. The van der Waals surface area contributed by atoms with E-state index in [4.69, 9.17) is 5.73 Å². The first-order chi connectivity index (χ1) is 13.3. The second kappa shape index (κ2) is 6.26. The third-order valence-electron chi connectivity index (χ3n) is 4.62. The molecule has 0 saturated carbocycles. The highest BCUT2D eigenvalue weighted by atomic mass is 19.4. The van der Waals surface area contributed by atoms with Gasteiger partial charge in [-0.3, -0.25) is 14.5 Å². The first-order valence-electron chi connectivity index (χ1n) is 8.39. The summed E-state index contributed by atoms with van der Waals surface area (Å²) in [5.41, 5.74) is 7.84. The average Bonchev–Trinajstić information content (AvgIpc) is 3.21. The maximum absolute atomic E-state index is 12.9. The van der Waals surface area contributed by atoms with Gasteiger partial charge in [0.15, 0.2) is 0 Å². The maximum atomic E-state index is 12.9. The molecule has 0 unspecified atom stereocenters. The number of fused-ring (bicyclic) bond motifs is 3. The van der Waals surface area contributed by atoms with Crippen molar-refractivity contribution in [2.45, 2.75) is 13.1 Å². The zero-order chi connectivity index (χ0) is 20.1. The fourth-order valence-corrected chi connectivity index (χ4v) is 3.21. The molecule has 0 radical (unpaired) electrons. The van der Waals surface area contributed by atoms with Gasteiger partial charge >= 0.3 is 6.18 Å². The molecule has 4 rings (SSSR count). The van der Waals surface area contributed by atoms with Gasteiger partial charge in [0.05, 0.1) is 17.3 Å². The van der Waals surface area contributed by atoms with Crippen LogP contribution in [0.4, 0.5) is 13.2 Å². The molecule has 0 spiro atoms. The minimum atomic E-state index is -4.39. The molecule has 5 nitrogen and oxygen atoms in total. The molecule has 4 aromatic rings. The summed E-state index contributed by atoms with van der Waals surface area (Å²) in [6.45, 7) is 1.63. The van der Waals surface area contributed by atoms with Crippen LogP contribution < -0.4 is 5.73 Å². The zero-order valence-corrected chi connectivity index (χ0v) is 14.7. The number of alkyl halides is 3. The minimum absolute atomic E-state index is 0.421. The van der Waals surface area contributed by atoms with Gasteiger partial charge in [-0.1, -0.05) is 6.07 Å². The van der Waals surface area contributed by atoms with E-state index in [0.29, 0.717) is 16.9 Å². The number of H-pyrrole nitrogens is 1. The molecular weight excluding hydrogens is 369 g/mol.